The second-order valence-electron chi connectivity index (χ2n) is 6.96. The number of hydrogen-bond acceptors (Lipinski definition) is 2. The summed E-state index contributed by atoms with van der Waals surface area (Å²) in [5, 5.41) is 0. The number of aryl methyl sites for hydroxylation is 1. The lowest BCUT2D eigenvalue weighted by atomic mass is 10.0. The minimum absolute atomic E-state index is 0.159. The van der Waals surface area contributed by atoms with Gasteiger partial charge in [-0.25, -0.2) is 0 Å². The highest BCUT2D eigenvalue weighted by Gasteiger charge is 2.23. The van der Waals surface area contributed by atoms with Crippen molar-refractivity contribution in [2.75, 3.05) is 11.4 Å². The van der Waals surface area contributed by atoms with Crippen LogP contribution in [-0.4, -0.2) is 12.3 Å². The lowest BCUT2D eigenvalue weighted by Crippen LogP contribution is -2.16. The van der Waals surface area contributed by atoms with Gasteiger partial charge in [0.25, 0.3) is 0 Å². The van der Waals surface area contributed by atoms with Crippen LogP contribution in [0, 0.1) is 6.92 Å². The molecule has 134 valence electrons. The first-order valence-corrected chi connectivity index (χ1v) is 9.44. The number of para-hydroxylation sites is 1. The summed E-state index contributed by atoms with van der Waals surface area (Å²) in [6.07, 6.45) is 2.76. The Hall–Kier alpha value is -3.13. The van der Waals surface area contributed by atoms with Gasteiger partial charge in [-0.1, -0.05) is 48.5 Å². The van der Waals surface area contributed by atoms with Crippen LogP contribution in [0.3, 0.4) is 0 Å². The molecule has 2 nitrogen and oxygen atoms in total. The van der Waals surface area contributed by atoms with E-state index in [4.69, 9.17) is 0 Å². The monoisotopic (exact) mass is 353 g/mol. The Morgan fingerprint density at radius 1 is 0.963 bits per heavy atom. The van der Waals surface area contributed by atoms with Gasteiger partial charge in [0.15, 0.2) is 5.78 Å². The highest BCUT2D eigenvalue weighted by atomic mass is 16.1. The molecule has 0 aliphatic heterocycles. The van der Waals surface area contributed by atoms with Crippen molar-refractivity contribution in [3.05, 3.63) is 101 Å². The number of rotatable bonds is 4. The van der Waals surface area contributed by atoms with Gasteiger partial charge in [0.1, 0.15) is 0 Å². The second-order valence-corrected chi connectivity index (χ2v) is 6.96. The van der Waals surface area contributed by atoms with Crippen LogP contribution in [0.1, 0.15) is 34.0 Å². The summed E-state index contributed by atoms with van der Waals surface area (Å²) in [5.41, 5.74) is 7.53. The lowest BCUT2D eigenvalue weighted by molar-refractivity contribution is 0.104. The Kier molecular flexibility index (Phi) is 4.64. The summed E-state index contributed by atoms with van der Waals surface area (Å²) in [6.45, 7) is 5.20. The second kappa shape index (κ2) is 7.24. The first-order valence-electron chi connectivity index (χ1n) is 9.44. The molecule has 2 heteroatoms. The van der Waals surface area contributed by atoms with Crippen LogP contribution in [0.2, 0.25) is 0 Å². The number of benzene rings is 3. The van der Waals surface area contributed by atoms with E-state index in [9.17, 15) is 4.79 Å². The fraction of sp³-hybridized carbons (Fsp3) is 0.160. The largest absolute Gasteiger partial charge is 0.342 e. The summed E-state index contributed by atoms with van der Waals surface area (Å²) < 4.78 is 0. The van der Waals surface area contributed by atoms with Crippen LogP contribution < -0.4 is 4.90 Å². The molecule has 0 spiro atoms. The van der Waals surface area contributed by atoms with E-state index in [0.29, 0.717) is 0 Å². The number of fused-ring (bicyclic) bond motifs is 1. The third kappa shape index (κ3) is 3.31. The number of Topliss-reactive ketones (excluding diaryl/α,β-unsaturated/α-hetero) is 1. The first kappa shape index (κ1) is 17.3. The molecule has 3 aromatic rings. The highest BCUT2D eigenvalue weighted by Crippen LogP contribution is 2.31. The molecule has 0 amide bonds. The maximum absolute atomic E-state index is 12.6. The van der Waals surface area contributed by atoms with Gasteiger partial charge in [-0.2, -0.15) is 0 Å². The lowest BCUT2D eigenvalue weighted by Gasteiger charge is -2.25. The standard InChI is InChI=1S/C25H23NO/c1-3-26(22-10-5-4-6-11-22)24-14-13-19(15-18(24)2)16-21-17-20-9-7-8-12-23(20)25(21)27/h4-16H,3,17H2,1-2H3/b21-16-. The predicted octanol–water partition coefficient (Wildman–Crippen LogP) is 5.98. The van der Waals surface area contributed by atoms with E-state index >= 15 is 0 Å². The molecule has 0 unspecified atom stereocenters. The van der Waals surface area contributed by atoms with E-state index in [2.05, 4.69) is 61.2 Å². The Bertz CT molecular complexity index is 1020. The molecule has 1 aliphatic carbocycles. The maximum Gasteiger partial charge on any atom is 0.189 e. The van der Waals surface area contributed by atoms with E-state index in [0.717, 1.165) is 35.2 Å². The first-order chi connectivity index (χ1) is 13.2. The predicted molar refractivity (Wildman–Crippen MR) is 113 cm³/mol. The highest BCUT2D eigenvalue weighted by molar-refractivity contribution is 6.15. The third-order valence-electron chi connectivity index (χ3n) is 5.17. The van der Waals surface area contributed by atoms with Crippen molar-refractivity contribution in [3.63, 3.8) is 0 Å². The molecule has 3 aromatic carbocycles. The summed E-state index contributed by atoms with van der Waals surface area (Å²) in [5.74, 6) is 0.159. The van der Waals surface area contributed by atoms with Crippen molar-refractivity contribution in [2.45, 2.75) is 20.3 Å². The van der Waals surface area contributed by atoms with Gasteiger partial charge in [-0.3, -0.25) is 4.79 Å². The number of ketones is 1. The van der Waals surface area contributed by atoms with E-state index in [-0.39, 0.29) is 5.78 Å². The Morgan fingerprint density at radius 3 is 2.41 bits per heavy atom. The average molecular weight is 353 g/mol. The molecule has 0 N–H and O–H groups in total. The molecule has 0 atom stereocenters. The van der Waals surface area contributed by atoms with Crippen molar-refractivity contribution >= 4 is 23.2 Å². The van der Waals surface area contributed by atoms with E-state index < -0.39 is 0 Å². The van der Waals surface area contributed by atoms with E-state index in [1.54, 1.807) is 0 Å². The van der Waals surface area contributed by atoms with Gasteiger partial charge >= 0.3 is 0 Å². The molecule has 0 heterocycles. The van der Waals surface area contributed by atoms with Crippen molar-refractivity contribution in [3.8, 4) is 0 Å². The number of allylic oxidation sites excluding steroid dienone is 1. The minimum Gasteiger partial charge on any atom is -0.342 e. The maximum atomic E-state index is 12.6. The summed E-state index contributed by atoms with van der Waals surface area (Å²) in [7, 11) is 0. The number of nitrogens with zero attached hydrogens (tertiary/aromatic N) is 1. The van der Waals surface area contributed by atoms with Gasteiger partial charge in [-0.05, 0) is 60.9 Å². The van der Waals surface area contributed by atoms with Crippen LogP contribution in [0.4, 0.5) is 11.4 Å². The molecule has 0 saturated heterocycles. The van der Waals surface area contributed by atoms with Crippen LogP contribution in [0.15, 0.2) is 78.4 Å². The van der Waals surface area contributed by atoms with Gasteiger partial charge in [0.2, 0.25) is 0 Å². The van der Waals surface area contributed by atoms with E-state index in [1.165, 1.54) is 16.9 Å². The molecule has 0 saturated carbocycles. The molecule has 0 bridgehead atoms. The summed E-state index contributed by atoms with van der Waals surface area (Å²) >= 11 is 0. The number of carbonyl (C=O) groups is 1. The van der Waals surface area contributed by atoms with Crippen LogP contribution >= 0.6 is 0 Å². The van der Waals surface area contributed by atoms with Crippen molar-refractivity contribution < 1.29 is 4.79 Å². The van der Waals surface area contributed by atoms with Gasteiger partial charge < -0.3 is 4.90 Å². The number of hydrogen-bond donors (Lipinski definition) is 0. The van der Waals surface area contributed by atoms with Crippen molar-refractivity contribution in [1.82, 2.24) is 0 Å². The van der Waals surface area contributed by atoms with Crippen molar-refractivity contribution in [1.29, 1.82) is 0 Å². The van der Waals surface area contributed by atoms with Crippen LogP contribution in [0.25, 0.3) is 6.08 Å². The summed E-state index contributed by atoms with van der Waals surface area (Å²) in [4.78, 5) is 14.9. The number of anilines is 2. The molecule has 1 aliphatic rings. The summed E-state index contributed by atoms with van der Waals surface area (Å²) in [6, 6.07) is 24.8. The Morgan fingerprint density at radius 2 is 1.70 bits per heavy atom. The topological polar surface area (TPSA) is 20.3 Å². The molecular weight excluding hydrogens is 330 g/mol. The molecule has 0 aromatic heterocycles. The van der Waals surface area contributed by atoms with Crippen LogP contribution in [0.5, 0.6) is 0 Å². The molecule has 0 fully saturated rings. The third-order valence-corrected chi connectivity index (χ3v) is 5.17. The zero-order valence-corrected chi connectivity index (χ0v) is 15.8. The quantitative estimate of drug-likeness (QED) is 0.538. The number of carbonyl (C=O) groups excluding carboxylic acids is 1. The van der Waals surface area contributed by atoms with Gasteiger partial charge in [0.05, 0.1) is 0 Å². The SMILES string of the molecule is CCN(c1ccccc1)c1ccc(/C=C2/Cc3ccccc3C2=O)cc1C. The normalized spacial score (nSPS) is 14.4. The zero-order chi connectivity index (χ0) is 18.8. The molecule has 0 radical (unpaired) electrons. The Balaban J connectivity index is 1.64. The Labute approximate surface area is 160 Å². The fourth-order valence-corrected chi connectivity index (χ4v) is 3.84. The molecule has 27 heavy (non-hydrogen) atoms. The average Bonchev–Trinajstić information content (AvgIpc) is 3.01. The smallest absolute Gasteiger partial charge is 0.189 e. The van der Waals surface area contributed by atoms with Gasteiger partial charge in [-0.15, -0.1) is 0 Å². The fourth-order valence-electron chi connectivity index (χ4n) is 3.84. The van der Waals surface area contributed by atoms with Gasteiger partial charge in [0, 0.05) is 35.5 Å². The molecular formula is C25H23NO. The minimum atomic E-state index is 0.159. The van der Waals surface area contributed by atoms with Crippen molar-refractivity contribution in [2.24, 2.45) is 0 Å². The van der Waals surface area contributed by atoms with E-state index in [1.807, 2.05) is 36.4 Å². The molecule has 4 rings (SSSR count). The zero-order valence-electron chi connectivity index (χ0n) is 15.8. The van der Waals surface area contributed by atoms with Crippen LogP contribution in [-0.2, 0) is 6.42 Å².